The highest BCUT2D eigenvalue weighted by Gasteiger charge is 2.54. The number of imide groups is 1. The summed E-state index contributed by atoms with van der Waals surface area (Å²) in [4.78, 5) is 50.1. The lowest BCUT2D eigenvalue weighted by atomic mass is 9.91. The molecule has 0 aliphatic carbocycles. The van der Waals surface area contributed by atoms with Gasteiger partial charge in [0.15, 0.2) is 18.8 Å². The maximum Gasteiger partial charge on any atom is 0.326 e. The van der Waals surface area contributed by atoms with Crippen LogP contribution in [0.2, 0.25) is 0 Å². The normalized spacial score (nSPS) is 37.7. The van der Waals surface area contributed by atoms with Gasteiger partial charge in [-0.1, -0.05) is 52.0 Å². The molecule has 5 amide bonds. The molecule has 4 heterocycles. The third-order valence-electron chi connectivity index (χ3n) is 10.8. The van der Waals surface area contributed by atoms with Gasteiger partial charge in [0.05, 0.1) is 18.8 Å². The minimum Gasteiger partial charge on any atom is -0.394 e. The molecule has 0 aromatic rings. The molecular weight excluding hydrogens is 744 g/mol. The molecule has 16 atom stereocenters. The molecule has 20 heteroatoms. The van der Waals surface area contributed by atoms with E-state index in [-0.39, 0.29) is 13.0 Å². The Morgan fingerprint density at radius 1 is 0.893 bits per heavy atom. The van der Waals surface area contributed by atoms with Crippen LogP contribution in [0, 0.1) is 5.92 Å². The zero-order valence-corrected chi connectivity index (χ0v) is 32.0. The van der Waals surface area contributed by atoms with Gasteiger partial charge in [0.25, 0.3) is 0 Å². The highest BCUT2D eigenvalue weighted by molar-refractivity contribution is 5.96. The second-order valence-corrected chi connectivity index (χ2v) is 15.1. The predicted molar refractivity (Wildman–Crippen MR) is 192 cm³/mol. The molecule has 4 fully saturated rings. The molecule has 56 heavy (non-hydrogen) atoms. The minimum atomic E-state index is -1.84. The van der Waals surface area contributed by atoms with Gasteiger partial charge < -0.3 is 70.4 Å². The van der Waals surface area contributed by atoms with Crippen LogP contribution in [0.1, 0.15) is 78.6 Å². The summed E-state index contributed by atoms with van der Waals surface area (Å²) in [7, 11) is 0. The Morgan fingerprint density at radius 2 is 1.52 bits per heavy atom. The fourth-order valence-corrected chi connectivity index (χ4v) is 7.28. The van der Waals surface area contributed by atoms with E-state index in [1.54, 1.807) is 6.08 Å². The summed E-state index contributed by atoms with van der Waals surface area (Å²) in [5.41, 5.74) is 0. The standard InChI is InChI=1S/C36H60N4O16/c1-4-17(2)11-9-7-5-6-8-10-12-22(44)38-25-29(49)26(46)20(53-35(25)56-34-24(37-18(3)42)28(48)27(47)21(16-41)54-34)15-19(43)32-30(50)31(51)33(55-32)40-14-13-23(45)39-36(40)52/h10,12,17,19-21,24-35,41,43,46-51H,4-9,11,13-16H2,1-3H3,(H,37,42)(H,38,44)(H,39,45,52)/b12-10+/t17?,19-,20+,21+,24+,25+,26-,27+,28+,29+,30-,31+,32+,33+,34+,35-/m0/s1. The molecule has 4 saturated heterocycles. The predicted octanol–water partition coefficient (Wildman–Crippen LogP) is -3.04. The molecule has 0 spiro atoms. The SMILES string of the molecule is CCC(C)CCCCCC/C=C/C(=O)N[C@H]1[C@H](O[C@H]2O[C@H](CO)[C@@H](O)[C@H](O)[C@H]2NC(C)=O)O[C@H](C[C@H](O)[C@H]2O[C@@H](N3CCC(=O)NC3=O)[C@H](O)[C@@H]2O)[C@H](O)[C@@H]1O. The van der Waals surface area contributed by atoms with Gasteiger partial charge in [-0.15, -0.1) is 0 Å². The number of aliphatic hydroxyl groups excluding tert-OH is 8. The van der Waals surface area contributed by atoms with Crippen molar-refractivity contribution in [1.82, 2.24) is 20.9 Å². The van der Waals surface area contributed by atoms with Crippen LogP contribution in [0.15, 0.2) is 12.2 Å². The molecule has 1 unspecified atom stereocenters. The van der Waals surface area contributed by atoms with Crippen LogP contribution in [0.4, 0.5) is 4.79 Å². The number of nitrogens with one attached hydrogen (secondary N) is 3. The number of carbonyl (C=O) groups is 4. The molecule has 0 bridgehead atoms. The van der Waals surface area contributed by atoms with Gasteiger partial charge in [0.2, 0.25) is 17.7 Å². The van der Waals surface area contributed by atoms with E-state index in [2.05, 4.69) is 29.8 Å². The van der Waals surface area contributed by atoms with E-state index in [4.69, 9.17) is 18.9 Å². The van der Waals surface area contributed by atoms with Crippen molar-refractivity contribution in [3.8, 4) is 0 Å². The first kappa shape index (κ1) is 45.8. The van der Waals surface area contributed by atoms with Gasteiger partial charge >= 0.3 is 6.03 Å². The largest absolute Gasteiger partial charge is 0.394 e. The molecule has 0 aromatic heterocycles. The van der Waals surface area contributed by atoms with Crippen LogP contribution in [0.25, 0.3) is 0 Å². The number of aliphatic hydroxyl groups is 8. The zero-order valence-electron chi connectivity index (χ0n) is 32.0. The Hall–Kier alpha value is -2.86. The van der Waals surface area contributed by atoms with Gasteiger partial charge in [-0.25, -0.2) is 4.79 Å². The van der Waals surface area contributed by atoms with Crippen molar-refractivity contribution in [2.75, 3.05) is 13.2 Å². The highest BCUT2D eigenvalue weighted by Crippen LogP contribution is 2.33. The van der Waals surface area contributed by atoms with Crippen molar-refractivity contribution in [3.05, 3.63) is 12.2 Å². The third kappa shape index (κ3) is 11.6. The Kier molecular flexibility index (Phi) is 17.4. The fourth-order valence-electron chi connectivity index (χ4n) is 7.28. The number of amides is 5. The summed E-state index contributed by atoms with van der Waals surface area (Å²) in [6.07, 6.45) is -12.4. The average Bonchev–Trinajstić information content (AvgIpc) is 3.45. The van der Waals surface area contributed by atoms with E-state index < -0.39 is 129 Å². The quantitative estimate of drug-likeness (QED) is 0.0485. The lowest BCUT2D eigenvalue weighted by Gasteiger charge is -2.47. The van der Waals surface area contributed by atoms with Gasteiger partial charge in [-0.3, -0.25) is 24.6 Å². The monoisotopic (exact) mass is 804 g/mol. The number of hydrogen-bond acceptors (Lipinski definition) is 16. The number of allylic oxidation sites excluding steroid dienone is 1. The van der Waals surface area contributed by atoms with Crippen molar-refractivity contribution < 1.29 is 79.0 Å². The van der Waals surface area contributed by atoms with Crippen molar-refractivity contribution in [2.24, 2.45) is 5.92 Å². The summed E-state index contributed by atoms with van der Waals surface area (Å²) in [6, 6.07) is -3.86. The van der Waals surface area contributed by atoms with Crippen LogP contribution in [0.5, 0.6) is 0 Å². The molecule has 0 radical (unpaired) electrons. The fraction of sp³-hybridized carbons (Fsp3) is 0.833. The number of urea groups is 1. The first-order valence-electron chi connectivity index (χ1n) is 19.4. The molecule has 4 rings (SSSR count). The first-order valence-corrected chi connectivity index (χ1v) is 19.4. The summed E-state index contributed by atoms with van der Waals surface area (Å²) >= 11 is 0. The van der Waals surface area contributed by atoms with Crippen molar-refractivity contribution in [3.63, 3.8) is 0 Å². The number of rotatable bonds is 18. The van der Waals surface area contributed by atoms with Crippen LogP contribution >= 0.6 is 0 Å². The Balaban J connectivity index is 1.48. The third-order valence-corrected chi connectivity index (χ3v) is 10.8. The van der Waals surface area contributed by atoms with E-state index in [0.29, 0.717) is 12.3 Å². The highest BCUT2D eigenvalue weighted by atomic mass is 16.8. The number of unbranched alkanes of at least 4 members (excludes halogenated alkanes) is 4. The van der Waals surface area contributed by atoms with E-state index in [1.165, 1.54) is 6.08 Å². The number of hydrogen-bond donors (Lipinski definition) is 11. The Bertz CT molecular complexity index is 1340. The molecule has 320 valence electrons. The van der Waals surface area contributed by atoms with Gasteiger partial charge in [-0.05, 0) is 24.8 Å². The van der Waals surface area contributed by atoms with Crippen molar-refractivity contribution in [1.29, 1.82) is 0 Å². The lowest BCUT2D eigenvalue weighted by molar-refractivity contribution is -0.346. The first-order chi connectivity index (χ1) is 26.6. The number of ether oxygens (including phenoxy) is 4. The minimum absolute atomic E-state index is 0.0995. The summed E-state index contributed by atoms with van der Waals surface area (Å²) in [5, 5.41) is 93.4. The van der Waals surface area contributed by atoms with Crippen LogP contribution < -0.4 is 16.0 Å². The van der Waals surface area contributed by atoms with Gasteiger partial charge in [0, 0.05) is 26.3 Å². The van der Waals surface area contributed by atoms with Crippen molar-refractivity contribution >= 4 is 23.8 Å². The van der Waals surface area contributed by atoms with Crippen LogP contribution in [0.3, 0.4) is 0 Å². The number of nitrogens with zero attached hydrogens (tertiary/aromatic N) is 1. The molecule has 0 saturated carbocycles. The Labute approximate surface area is 325 Å². The smallest absolute Gasteiger partial charge is 0.326 e. The van der Waals surface area contributed by atoms with Crippen LogP contribution in [-0.2, 0) is 33.3 Å². The Morgan fingerprint density at radius 3 is 2.14 bits per heavy atom. The average molecular weight is 805 g/mol. The second kappa shape index (κ2) is 21.2. The van der Waals surface area contributed by atoms with Gasteiger partial charge in [0.1, 0.15) is 60.9 Å². The maximum absolute atomic E-state index is 13.1. The topological polar surface area (TPSA) is 306 Å². The molecule has 0 aromatic carbocycles. The van der Waals surface area contributed by atoms with E-state index in [1.807, 2.05) is 0 Å². The van der Waals surface area contributed by atoms with E-state index in [9.17, 15) is 60.0 Å². The number of carbonyl (C=O) groups excluding carboxylic acids is 4. The molecule has 11 N–H and O–H groups in total. The van der Waals surface area contributed by atoms with E-state index in [0.717, 1.165) is 50.3 Å². The molecule has 4 aliphatic rings. The molecular formula is C36H60N4O16. The van der Waals surface area contributed by atoms with Crippen LogP contribution in [-0.4, -0.2) is 175 Å². The lowest BCUT2D eigenvalue weighted by Crippen LogP contribution is -2.68. The molecule has 20 nitrogen and oxygen atoms in total. The summed E-state index contributed by atoms with van der Waals surface area (Å²) in [5.74, 6) is -1.21. The summed E-state index contributed by atoms with van der Waals surface area (Å²) in [6.45, 7) is 4.60. The second-order valence-electron chi connectivity index (χ2n) is 15.1. The van der Waals surface area contributed by atoms with Gasteiger partial charge in [-0.2, -0.15) is 0 Å². The summed E-state index contributed by atoms with van der Waals surface area (Å²) < 4.78 is 23.3. The van der Waals surface area contributed by atoms with E-state index >= 15 is 0 Å². The molecule has 4 aliphatic heterocycles. The van der Waals surface area contributed by atoms with Crippen molar-refractivity contribution in [2.45, 2.75) is 170 Å². The zero-order chi connectivity index (χ0) is 41.3. The maximum atomic E-state index is 13.1.